The lowest BCUT2D eigenvalue weighted by atomic mass is 10.0. The lowest BCUT2D eigenvalue weighted by Gasteiger charge is -2.10. The quantitative estimate of drug-likeness (QED) is 0.753. The minimum absolute atomic E-state index is 0.264. The molecule has 0 radical (unpaired) electrons. The summed E-state index contributed by atoms with van der Waals surface area (Å²) in [6.07, 6.45) is -0.170. The van der Waals surface area contributed by atoms with Crippen LogP contribution in [0.15, 0.2) is 53.9 Å². The van der Waals surface area contributed by atoms with Crippen molar-refractivity contribution in [2.45, 2.75) is 12.5 Å². The highest BCUT2D eigenvalue weighted by Gasteiger charge is 2.13. The molecule has 0 spiro atoms. The number of halogens is 1. The molecule has 2 aromatic carbocycles. The number of rotatable bonds is 3. The van der Waals surface area contributed by atoms with Gasteiger partial charge in [-0.3, -0.25) is 0 Å². The smallest absolute Gasteiger partial charge is 0.123 e. The second-order valence-electron chi connectivity index (χ2n) is 4.54. The highest BCUT2D eigenvalue weighted by atomic mass is 32.1. The summed E-state index contributed by atoms with van der Waals surface area (Å²) in [7, 11) is 0. The van der Waals surface area contributed by atoms with Crippen LogP contribution in [0.2, 0.25) is 0 Å². The molecule has 1 heterocycles. The van der Waals surface area contributed by atoms with Crippen LogP contribution in [-0.4, -0.2) is 5.11 Å². The Kier molecular flexibility index (Phi) is 3.32. The second-order valence-corrected chi connectivity index (χ2v) is 5.45. The van der Waals surface area contributed by atoms with Gasteiger partial charge in [0.1, 0.15) is 5.82 Å². The zero-order valence-electron chi connectivity index (χ0n) is 10.2. The Morgan fingerprint density at radius 2 is 1.95 bits per heavy atom. The Labute approximate surface area is 115 Å². The molecule has 3 aromatic rings. The third-order valence-electron chi connectivity index (χ3n) is 3.19. The molecule has 1 N–H and O–H groups in total. The zero-order valence-corrected chi connectivity index (χ0v) is 11.0. The van der Waals surface area contributed by atoms with Gasteiger partial charge in [-0.1, -0.05) is 30.3 Å². The first-order valence-corrected chi connectivity index (χ1v) is 7.00. The normalized spacial score (nSPS) is 12.7. The van der Waals surface area contributed by atoms with Crippen molar-refractivity contribution in [3.63, 3.8) is 0 Å². The van der Waals surface area contributed by atoms with Crippen LogP contribution in [0, 0.1) is 5.82 Å². The zero-order chi connectivity index (χ0) is 13.2. The maximum absolute atomic E-state index is 13.1. The van der Waals surface area contributed by atoms with E-state index < -0.39 is 6.10 Å². The van der Waals surface area contributed by atoms with Crippen LogP contribution in [0.5, 0.6) is 0 Å². The Morgan fingerprint density at radius 1 is 1.11 bits per heavy atom. The Hall–Kier alpha value is -1.71. The molecule has 0 saturated carbocycles. The Morgan fingerprint density at radius 3 is 2.79 bits per heavy atom. The maximum Gasteiger partial charge on any atom is 0.123 e. The van der Waals surface area contributed by atoms with Crippen LogP contribution in [0.25, 0.3) is 10.1 Å². The lowest BCUT2D eigenvalue weighted by molar-refractivity contribution is 0.180. The molecule has 0 fully saturated rings. The fourth-order valence-electron chi connectivity index (χ4n) is 2.25. The number of fused-ring (bicyclic) bond motifs is 1. The number of hydrogen-bond acceptors (Lipinski definition) is 2. The van der Waals surface area contributed by atoms with Gasteiger partial charge in [-0.05, 0) is 40.1 Å². The number of benzene rings is 2. The van der Waals surface area contributed by atoms with Crippen molar-refractivity contribution in [1.82, 2.24) is 0 Å². The van der Waals surface area contributed by atoms with E-state index in [9.17, 15) is 9.50 Å². The molecule has 0 amide bonds. The molecule has 0 aliphatic carbocycles. The average molecular weight is 272 g/mol. The summed E-state index contributed by atoms with van der Waals surface area (Å²) in [5.74, 6) is -0.264. The number of thiophene rings is 1. The summed E-state index contributed by atoms with van der Waals surface area (Å²) in [6, 6.07) is 14.4. The van der Waals surface area contributed by atoms with E-state index in [-0.39, 0.29) is 5.82 Å². The van der Waals surface area contributed by atoms with Crippen LogP contribution in [0.3, 0.4) is 0 Å². The summed E-state index contributed by atoms with van der Waals surface area (Å²) in [4.78, 5) is 0. The first kappa shape index (κ1) is 12.3. The topological polar surface area (TPSA) is 20.2 Å². The standard InChI is InChI=1S/C16H13FOS/c17-12-5-3-4-11(8-12)9-15(18)14-10-19-16-7-2-1-6-13(14)16/h1-8,10,15,18H,9H2. The van der Waals surface area contributed by atoms with E-state index >= 15 is 0 Å². The van der Waals surface area contributed by atoms with Gasteiger partial charge >= 0.3 is 0 Å². The highest BCUT2D eigenvalue weighted by molar-refractivity contribution is 7.17. The summed E-state index contributed by atoms with van der Waals surface area (Å²) >= 11 is 1.62. The second kappa shape index (κ2) is 5.11. The number of aliphatic hydroxyl groups excluding tert-OH is 1. The number of aliphatic hydroxyl groups is 1. The fourth-order valence-corrected chi connectivity index (χ4v) is 3.26. The molecule has 96 valence electrons. The fraction of sp³-hybridized carbons (Fsp3) is 0.125. The summed E-state index contributed by atoms with van der Waals surface area (Å²) in [5, 5.41) is 13.4. The van der Waals surface area contributed by atoms with Crippen molar-refractivity contribution in [3.05, 3.63) is 70.9 Å². The van der Waals surface area contributed by atoms with Crippen molar-refractivity contribution < 1.29 is 9.50 Å². The molecule has 1 unspecified atom stereocenters. The van der Waals surface area contributed by atoms with Crippen molar-refractivity contribution >= 4 is 21.4 Å². The largest absolute Gasteiger partial charge is 0.388 e. The predicted molar refractivity (Wildman–Crippen MR) is 76.9 cm³/mol. The van der Waals surface area contributed by atoms with E-state index in [0.717, 1.165) is 21.2 Å². The molecule has 3 rings (SSSR count). The molecule has 0 aliphatic rings. The lowest BCUT2D eigenvalue weighted by Crippen LogP contribution is -2.01. The molecule has 1 aromatic heterocycles. The van der Waals surface area contributed by atoms with Crippen LogP contribution in [0.4, 0.5) is 4.39 Å². The average Bonchev–Trinajstić information content (AvgIpc) is 2.82. The molecule has 0 saturated heterocycles. The van der Waals surface area contributed by atoms with E-state index in [1.165, 1.54) is 12.1 Å². The van der Waals surface area contributed by atoms with E-state index in [1.807, 2.05) is 35.7 Å². The van der Waals surface area contributed by atoms with Crippen LogP contribution in [0.1, 0.15) is 17.2 Å². The first-order valence-electron chi connectivity index (χ1n) is 6.12. The number of hydrogen-bond donors (Lipinski definition) is 1. The molecule has 19 heavy (non-hydrogen) atoms. The van der Waals surface area contributed by atoms with Gasteiger partial charge in [-0.2, -0.15) is 0 Å². The molecular formula is C16H13FOS. The Bertz CT molecular complexity index is 705. The van der Waals surface area contributed by atoms with E-state index in [4.69, 9.17) is 0 Å². The third kappa shape index (κ3) is 2.53. The highest BCUT2D eigenvalue weighted by Crippen LogP contribution is 2.31. The molecule has 3 heteroatoms. The monoisotopic (exact) mass is 272 g/mol. The van der Waals surface area contributed by atoms with Crippen molar-refractivity contribution in [2.24, 2.45) is 0 Å². The van der Waals surface area contributed by atoms with Crippen LogP contribution < -0.4 is 0 Å². The van der Waals surface area contributed by atoms with Gasteiger partial charge in [-0.15, -0.1) is 11.3 Å². The summed E-state index contributed by atoms with van der Waals surface area (Å²) in [5.41, 5.74) is 1.73. The van der Waals surface area contributed by atoms with E-state index in [1.54, 1.807) is 17.4 Å². The molecule has 1 atom stereocenters. The van der Waals surface area contributed by atoms with E-state index in [0.29, 0.717) is 6.42 Å². The van der Waals surface area contributed by atoms with Crippen molar-refractivity contribution in [3.8, 4) is 0 Å². The minimum Gasteiger partial charge on any atom is -0.388 e. The van der Waals surface area contributed by atoms with Crippen molar-refractivity contribution in [2.75, 3.05) is 0 Å². The molecule has 1 nitrogen and oxygen atoms in total. The van der Waals surface area contributed by atoms with Crippen molar-refractivity contribution in [1.29, 1.82) is 0 Å². The minimum atomic E-state index is -0.599. The summed E-state index contributed by atoms with van der Waals surface area (Å²) in [6.45, 7) is 0. The van der Waals surface area contributed by atoms with Gasteiger partial charge in [0, 0.05) is 11.1 Å². The van der Waals surface area contributed by atoms with Crippen LogP contribution >= 0.6 is 11.3 Å². The summed E-state index contributed by atoms with van der Waals surface area (Å²) < 4.78 is 14.3. The van der Waals surface area contributed by atoms with Gasteiger partial charge in [0.15, 0.2) is 0 Å². The van der Waals surface area contributed by atoms with Gasteiger partial charge in [0.25, 0.3) is 0 Å². The molecular weight excluding hydrogens is 259 g/mol. The maximum atomic E-state index is 13.1. The van der Waals surface area contributed by atoms with Gasteiger partial charge in [0.2, 0.25) is 0 Å². The predicted octanol–water partition coefficient (Wildman–Crippen LogP) is 4.32. The van der Waals surface area contributed by atoms with Gasteiger partial charge in [-0.25, -0.2) is 4.39 Å². The molecule has 0 bridgehead atoms. The Balaban J connectivity index is 1.90. The van der Waals surface area contributed by atoms with Crippen LogP contribution in [-0.2, 0) is 6.42 Å². The first-order chi connectivity index (χ1) is 9.24. The molecule has 0 aliphatic heterocycles. The van der Waals surface area contributed by atoms with Gasteiger partial charge in [0.05, 0.1) is 6.10 Å². The van der Waals surface area contributed by atoms with E-state index in [2.05, 4.69) is 0 Å². The third-order valence-corrected chi connectivity index (χ3v) is 4.17. The SMILES string of the molecule is OC(Cc1cccc(F)c1)c1csc2ccccc12. The van der Waals surface area contributed by atoms with Gasteiger partial charge < -0.3 is 5.11 Å².